The van der Waals surface area contributed by atoms with E-state index in [1.165, 1.54) is 24.3 Å². The average Bonchev–Trinajstić information content (AvgIpc) is 2.52. The Labute approximate surface area is 129 Å². The number of halogens is 2. The van der Waals surface area contributed by atoms with E-state index in [9.17, 15) is 13.6 Å². The standard InChI is InChI=1S/C18H19F2NO/c1-3-21(4-2)18(22)17(13-5-9-15(19)10-6-13)14-7-11-16(20)12-8-14/h5-12,17H,3-4H2,1-2H3. The summed E-state index contributed by atoms with van der Waals surface area (Å²) in [5.74, 6) is -1.32. The maximum atomic E-state index is 13.2. The first-order valence-electron chi connectivity index (χ1n) is 7.36. The van der Waals surface area contributed by atoms with Gasteiger partial charge in [0.2, 0.25) is 5.91 Å². The summed E-state index contributed by atoms with van der Waals surface area (Å²) >= 11 is 0. The van der Waals surface area contributed by atoms with Gasteiger partial charge in [0, 0.05) is 13.1 Å². The molecule has 0 radical (unpaired) electrons. The van der Waals surface area contributed by atoms with E-state index < -0.39 is 5.92 Å². The quantitative estimate of drug-likeness (QED) is 0.818. The molecule has 0 heterocycles. The molecular weight excluding hydrogens is 284 g/mol. The van der Waals surface area contributed by atoms with E-state index in [0.717, 1.165) is 0 Å². The zero-order chi connectivity index (χ0) is 16.1. The van der Waals surface area contributed by atoms with Gasteiger partial charge in [-0.15, -0.1) is 0 Å². The molecule has 4 heteroatoms. The molecule has 0 spiro atoms. The van der Waals surface area contributed by atoms with Crippen molar-refractivity contribution in [3.05, 3.63) is 71.3 Å². The molecule has 2 nitrogen and oxygen atoms in total. The van der Waals surface area contributed by atoms with E-state index in [0.29, 0.717) is 24.2 Å². The van der Waals surface area contributed by atoms with Crippen LogP contribution in [0.1, 0.15) is 30.9 Å². The molecule has 0 N–H and O–H groups in total. The summed E-state index contributed by atoms with van der Waals surface area (Å²) in [6.45, 7) is 5.00. The molecule has 0 unspecified atom stereocenters. The summed E-state index contributed by atoms with van der Waals surface area (Å²) in [4.78, 5) is 14.5. The van der Waals surface area contributed by atoms with Crippen LogP contribution < -0.4 is 0 Å². The van der Waals surface area contributed by atoms with E-state index in [4.69, 9.17) is 0 Å². The van der Waals surface area contributed by atoms with Crippen molar-refractivity contribution in [3.8, 4) is 0 Å². The molecule has 2 aromatic rings. The molecule has 0 aromatic heterocycles. The molecule has 0 atom stereocenters. The Kier molecular flexibility index (Phi) is 5.26. The normalized spacial score (nSPS) is 10.8. The molecule has 0 aliphatic heterocycles. The van der Waals surface area contributed by atoms with Gasteiger partial charge in [0.25, 0.3) is 0 Å². The van der Waals surface area contributed by atoms with E-state index in [2.05, 4.69) is 0 Å². The van der Waals surface area contributed by atoms with Crippen LogP contribution in [0.2, 0.25) is 0 Å². The molecule has 0 aliphatic rings. The lowest BCUT2D eigenvalue weighted by molar-refractivity contribution is -0.131. The van der Waals surface area contributed by atoms with Crippen LogP contribution in [-0.2, 0) is 4.79 Å². The number of hydrogen-bond acceptors (Lipinski definition) is 1. The molecule has 1 amide bonds. The number of likely N-dealkylation sites (N-methyl/N-ethyl adjacent to an activating group) is 1. The minimum Gasteiger partial charge on any atom is -0.342 e. The zero-order valence-electron chi connectivity index (χ0n) is 12.7. The van der Waals surface area contributed by atoms with Crippen molar-refractivity contribution in [1.82, 2.24) is 4.90 Å². The maximum absolute atomic E-state index is 13.2. The van der Waals surface area contributed by atoms with Gasteiger partial charge in [-0.2, -0.15) is 0 Å². The molecule has 0 saturated heterocycles. The monoisotopic (exact) mass is 303 g/mol. The smallest absolute Gasteiger partial charge is 0.234 e. The van der Waals surface area contributed by atoms with Gasteiger partial charge < -0.3 is 4.90 Å². The summed E-state index contributed by atoms with van der Waals surface area (Å²) in [6.07, 6.45) is 0. The molecular formula is C18H19F2NO. The Hall–Kier alpha value is -2.23. The van der Waals surface area contributed by atoms with E-state index >= 15 is 0 Å². The van der Waals surface area contributed by atoms with Gasteiger partial charge in [-0.1, -0.05) is 24.3 Å². The third kappa shape index (κ3) is 3.50. The maximum Gasteiger partial charge on any atom is 0.234 e. The Balaban J connectivity index is 2.46. The van der Waals surface area contributed by atoms with Crippen LogP contribution in [0.25, 0.3) is 0 Å². The van der Waals surface area contributed by atoms with E-state index in [1.54, 1.807) is 29.2 Å². The van der Waals surface area contributed by atoms with Gasteiger partial charge in [-0.05, 0) is 49.2 Å². The lowest BCUT2D eigenvalue weighted by Crippen LogP contribution is -2.35. The number of amides is 1. The number of rotatable bonds is 5. The second kappa shape index (κ2) is 7.16. The van der Waals surface area contributed by atoms with Crippen molar-refractivity contribution in [3.63, 3.8) is 0 Å². The molecule has 0 saturated carbocycles. The Bertz CT molecular complexity index is 573. The van der Waals surface area contributed by atoms with Gasteiger partial charge in [0.1, 0.15) is 11.6 Å². The Morgan fingerprint density at radius 1 is 0.864 bits per heavy atom. The number of nitrogens with zero attached hydrogens (tertiary/aromatic N) is 1. The second-order valence-electron chi connectivity index (χ2n) is 5.05. The van der Waals surface area contributed by atoms with Gasteiger partial charge in [-0.3, -0.25) is 4.79 Å². The van der Waals surface area contributed by atoms with Gasteiger partial charge in [0.05, 0.1) is 5.92 Å². The molecule has 22 heavy (non-hydrogen) atoms. The number of carbonyl (C=O) groups excluding carboxylic acids is 1. The topological polar surface area (TPSA) is 20.3 Å². The predicted molar refractivity (Wildman–Crippen MR) is 82.6 cm³/mol. The highest BCUT2D eigenvalue weighted by molar-refractivity contribution is 5.87. The van der Waals surface area contributed by atoms with Crippen molar-refractivity contribution in [2.24, 2.45) is 0 Å². The van der Waals surface area contributed by atoms with Gasteiger partial charge >= 0.3 is 0 Å². The number of hydrogen-bond donors (Lipinski definition) is 0. The molecule has 2 rings (SSSR count). The van der Waals surface area contributed by atoms with E-state index in [1.807, 2.05) is 13.8 Å². The van der Waals surface area contributed by atoms with Crippen LogP contribution >= 0.6 is 0 Å². The van der Waals surface area contributed by atoms with Gasteiger partial charge in [-0.25, -0.2) is 8.78 Å². The van der Waals surface area contributed by atoms with Crippen LogP contribution in [0.15, 0.2) is 48.5 Å². The van der Waals surface area contributed by atoms with Crippen molar-refractivity contribution < 1.29 is 13.6 Å². The van der Waals surface area contributed by atoms with E-state index in [-0.39, 0.29) is 17.5 Å². The Morgan fingerprint density at radius 3 is 1.55 bits per heavy atom. The molecule has 0 bridgehead atoms. The highest BCUT2D eigenvalue weighted by Crippen LogP contribution is 2.27. The fourth-order valence-electron chi connectivity index (χ4n) is 2.51. The fourth-order valence-corrected chi connectivity index (χ4v) is 2.51. The zero-order valence-corrected chi connectivity index (χ0v) is 12.7. The summed E-state index contributed by atoms with van der Waals surface area (Å²) in [5.41, 5.74) is 1.40. The lowest BCUT2D eigenvalue weighted by Gasteiger charge is -2.26. The first kappa shape index (κ1) is 16.1. The second-order valence-corrected chi connectivity index (χ2v) is 5.05. The first-order chi connectivity index (χ1) is 10.6. The minimum absolute atomic E-state index is 0.0665. The summed E-state index contributed by atoms with van der Waals surface area (Å²) in [7, 11) is 0. The van der Waals surface area contributed by atoms with Crippen LogP contribution in [0, 0.1) is 11.6 Å². The summed E-state index contributed by atoms with van der Waals surface area (Å²) in [6, 6.07) is 11.7. The van der Waals surface area contributed by atoms with Crippen LogP contribution in [-0.4, -0.2) is 23.9 Å². The summed E-state index contributed by atoms with van der Waals surface area (Å²) in [5, 5.41) is 0. The SMILES string of the molecule is CCN(CC)C(=O)C(c1ccc(F)cc1)c1ccc(F)cc1. The highest BCUT2D eigenvalue weighted by atomic mass is 19.1. The van der Waals surface area contributed by atoms with Crippen LogP contribution in [0.3, 0.4) is 0 Å². The third-order valence-electron chi connectivity index (χ3n) is 3.73. The lowest BCUT2D eigenvalue weighted by atomic mass is 9.90. The minimum atomic E-state index is -0.555. The third-order valence-corrected chi connectivity index (χ3v) is 3.73. The Morgan fingerprint density at radius 2 is 1.23 bits per heavy atom. The molecule has 0 aliphatic carbocycles. The first-order valence-corrected chi connectivity index (χ1v) is 7.36. The average molecular weight is 303 g/mol. The fraction of sp³-hybridized carbons (Fsp3) is 0.278. The van der Waals surface area contributed by atoms with Crippen molar-refractivity contribution in [1.29, 1.82) is 0 Å². The molecule has 116 valence electrons. The van der Waals surface area contributed by atoms with Crippen LogP contribution in [0.4, 0.5) is 8.78 Å². The molecule has 0 fully saturated rings. The van der Waals surface area contributed by atoms with Crippen molar-refractivity contribution >= 4 is 5.91 Å². The van der Waals surface area contributed by atoms with Gasteiger partial charge in [0.15, 0.2) is 0 Å². The molecule has 2 aromatic carbocycles. The predicted octanol–water partition coefficient (Wildman–Crippen LogP) is 3.97. The van der Waals surface area contributed by atoms with Crippen molar-refractivity contribution in [2.45, 2.75) is 19.8 Å². The summed E-state index contributed by atoms with van der Waals surface area (Å²) < 4.78 is 26.3. The number of benzene rings is 2. The van der Waals surface area contributed by atoms with Crippen LogP contribution in [0.5, 0.6) is 0 Å². The number of carbonyl (C=O) groups is 1. The highest BCUT2D eigenvalue weighted by Gasteiger charge is 2.26. The largest absolute Gasteiger partial charge is 0.342 e. The van der Waals surface area contributed by atoms with Crippen molar-refractivity contribution in [2.75, 3.05) is 13.1 Å².